The van der Waals surface area contributed by atoms with Crippen molar-refractivity contribution in [2.24, 2.45) is 17.8 Å². The number of amides is 3. The number of imide groups is 1. The van der Waals surface area contributed by atoms with Crippen LogP contribution in [0.2, 0.25) is 0 Å². The van der Waals surface area contributed by atoms with Gasteiger partial charge in [-0.25, -0.2) is 4.79 Å². The zero-order valence-electron chi connectivity index (χ0n) is 25.9. The summed E-state index contributed by atoms with van der Waals surface area (Å²) < 4.78 is 0. The van der Waals surface area contributed by atoms with Crippen LogP contribution in [0.15, 0.2) is 0 Å². The standard InChI is InChI=1S/C32H58N2O6/c1-5-7-9-11-13-15-17-19-21-26(30(36)37)23-33-28(25(3)4)29(35)34(32(33)40)24-27(31(38)39)22-20-18-16-14-12-10-8-6-2/h25-28H,5-24H2,1-4H3,(H,36,37)(H,38,39). The number of urea groups is 1. The average molecular weight is 567 g/mol. The van der Waals surface area contributed by atoms with Crippen LogP contribution in [0.25, 0.3) is 0 Å². The molecule has 1 rings (SSSR count). The minimum absolute atomic E-state index is 0.0223. The molecule has 0 aromatic heterocycles. The highest BCUT2D eigenvalue weighted by atomic mass is 16.4. The Kier molecular flexibility index (Phi) is 18.6. The number of carbonyl (C=O) groups is 4. The molecule has 8 nitrogen and oxygen atoms in total. The first-order chi connectivity index (χ1) is 19.1. The maximum Gasteiger partial charge on any atom is 0.327 e. The van der Waals surface area contributed by atoms with Crippen LogP contribution in [0.5, 0.6) is 0 Å². The van der Waals surface area contributed by atoms with E-state index in [0.717, 1.165) is 56.3 Å². The van der Waals surface area contributed by atoms with Crippen LogP contribution in [-0.2, 0) is 14.4 Å². The molecule has 3 unspecified atom stereocenters. The van der Waals surface area contributed by atoms with Crippen LogP contribution >= 0.6 is 0 Å². The van der Waals surface area contributed by atoms with Crippen LogP contribution in [0.3, 0.4) is 0 Å². The quantitative estimate of drug-likeness (QED) is 0.0862. The van der Waals surface area contributed by atoms with E-state index in [1.54, 1.807) is 0 Å². The van der Waals surface area contributed by atoms with Crippen molar-refractivity contribution < 1.29 is 29.4 Å². The van der Waals surface area contributed by atoms with Crippen LogP contribution in [0.1, 0.15) is 143 Å². The SMILES string of the molecule is CCCCCCCCCCC(CN1C(=O)C(C(C)C)N(CC(CCCCCCCCCC)C(=O)O)C1=O)C(=O)O. The largest absolute Gasteiger partial charge is 0.481 e. The molecule has 1 aliphatic heterocycles. The molecule has 3 atom stereocenters. The van der Waals surface area contributed by atoms with Gasteiger partial charge in [0.25, 0.3) is 5.91 Å². The van der Waals surface area contributed by atoms with Gasteiger partial charge in [-0.3, -0.25) is 19.3 Å². The molecule has 1 heterocycles. The minimum atomic E-state index is -0.999. The number of carbonyl (C=O) groups excluding carboxylic acids is 2. The Morgan fingerprint density at radius 2 is 1.02 bits per heavy atom. The fourth-order valence-electron chi connectivity index (χ4n) is 5.76. The molecule has 0 aromatic carbocycles. The number of hydrogen-bond acceptors (Lipinski definition) is 4. The Balaban J connectivity index is 2.69. The molecule has 0 spiro atoms. The van der Waals surface area contributed by atoms with E-state index in [0.29, 0.717) is 12.8 Å². The van der Waals surface area contributed by atoms with Crippen molar-refractivity contribution >= 4 is 23.9 Å². The molecule has 8 heteroatoms. The molecule has 1 aliphatic rings. The second-order valence-corrected chi connectivity index (χ2v) is 12.2. The van der Waals surface area contributed by atoms with Gasteiger partial charge in [0, 0.05) is 13.1 Å². The normalized spacial score (nSPS) is 17.2. The van der Waals surface area contributed by atoms with Crippen LogP contribution < -0.4 is 0 Å². The number of nitrogens with zero attached hydrogens (tertiary/aromatic N) is 2. The third-order valence-electron chi connectivity index (χ3n) is 8.29. The molecule has 0 saturated carbocycles. The topological polar surface area (TPSA) is 115 Å². The van der Waals surface area contributed by atoms with Gasteiger partial charge in [-0.15, -0.1) is 0 Å². The van der Waals surface area contributed by atoms with Crippen molar-refractivity contribution in [3.05, 3.63) is 0 Å². The van der Waals surface area contributed by atoms with E-state index in [1.807, 2.05) is 13.8 Å². The van der Waals surface area contributed by atoms with Gasteiger partial charge in [0.15, 0.2) is 0 Å². The maximum absolute atomic E-state index is 13.4. The van der Waals surface area contributed by atoms with Gasteiger partial charge >= 0.3 is 18.0 Å². The predicted octanol–water partition coefficient (Wildman–Crippen LogP) is 7.74. The van der Waals surface area contributed by atoms with E-state index in [-0.39, 0.29) is 19.0 Å². The van der Waals surface area contributed by atoms with Gasteiger partial charge in [-0.1, -0.05) is 130 Å². The van der Waals surface area contributed by atoms with E-state index < -0.39 is 41.8 Å². The molecule has 3 amide bonds. The molecule has 232 valence electrons. The molecular weight excluding hydrogens is 508 g/mol. The Bertz CT molecular complexity index is 756. The number of rotatable bonds is 25. The summed E-state index contributed by atoms with van der Waals surface area (Å²) in [7, 11) is 0. The Morgan fingerprint density at radius 1 is 0.650 bits per heavy atom. The van der Waals surface area contributed by atoms with Gasteiger partial charge in [0.2, 0.25) is 0 Å². The van der Waals surface area contributed by atoms with Crippen molar-refractivity contribution in [3.8, 4) is 0 Å². The fraction of sp³-hybridized carbons (Fsp3) is 0.875. The first-order valence-electron chi connectivity index (χ1n) is 16.2. The lowest BCUT2D eigenvalue weighted by atomic mass is 9.97. The number of carboxylic acids is 2. The molecule has 0 aliphatic carbocycles. The monoisotopic (exact) mass is 566 g/mol. The lowest BCUT2D eigenvalue weighted by molar-refractivity contribution is -0.144. The summed E-state index contributed by atoms with van der Waals surface area (Å²) in [6, 6.07) is -1.31. The maximum atomic E-state index is 13.4. The van der Waals surface area contributed by atoms with E-state index in [2.05, 4.69) is 13.8 Å². The first kappa shape index (κ1) is 35.9. The van der Waals surface area contributed by atoms with Gasteiger partial charge in [-0.2, -0.15) is 0 Å². The van der Waals surface area contributed by atoms with E-state index in [1.165, 1.54) is 56.3 Å². The molecule has 1 saturated heterocycles. The summed E-state index contributed by atoms with van der Waals surface area (Å²) in [6.07, 6.45) is 18.6. The van der Waals surface area contributed by atoms with Crippen LogP contribution in [-0.4, -0.2) is 63.0 Å². The van der Waals surface area contributed by atoms with Crippen molar-refractivity contribution in [1.29, 1.82) is 0 Å². The zero-order chi connectivity index (χ0) is 29.9. The van der Waals surface area contributed by atoms with Gasteiger partial charge in [0.1, 0.15) is 6.04 Å². The predicted molar refractivity (Wildman–Crippen MR) is 159 cm³/mol. The summed E-state index contributed by atoms with van der Waals surface area (Å²) in [5.74, 6) is -4.11. The van der Waals surface area contributed by atoms with Crippen molar-refractivity contribution in [2.45, 2.75) is 149 Å². The van der Waals surface area contributed by atoms with E-state index in [4.69, 9.17) is 0 Å². The highest BCUT2D eigenvalue weighted by molar-refractivity contribution is 6.04. The van der Waals surface area contributed by atoms with E-state index >= 15 is 0 Å². The van der Waals surface area contributed by atoms with Gasteiger partial charge in [0.05, 0.1) is 11.8 Å². The molecule has 0 radical (unpaired) electrons. The first-order valence-corrected chi connectivity index (χ1v) is 16.2. The van der Waals surface area contributed by atoms with Crippen molar-refractivity contribution in [3.63, 3.8) is 0 Å². The number of aliphatic carboxylic acids is 2. The Labute approximate surface area is 243 Å². The second kappa shape index (κ2) is 20.7. The smallest absolute Gasteiger partial charge is 0.327 e. The Morgan fingerprint density at radius 3 is 1.40 bits per heavy atom. The molecule has 2 N–H and O–H groups in total. The molecular formula is C32H58N2O6. The summed E-state index contributed by atoms with van der Waals surface area (Å²) >= 11 is 0. The third kappa shape index (κ3) is 13.0. The summed E-state index contributed by atoms with van der Waals surface area (Å²) in [6.45, 7) is 7.89. The Hall–Kier alpha value is -2.12. The molecule has 1 fully saturated rings. The lowest BCUT2D eigenvalue weighted by Gasteiger charge is -2.27. The highest BCUT2D eigenvalue weighted by Crippen LogP contribution is 2.28. The minimum Gasteiger partial charge on any atom is -0.481 e. The summed E-state index contributed by atoms with van der Waals surface area (Å²) in [4.78, 5) is 53.2. The summed E-state index contributed by atoms with van der Waals surface area (Å²) in [5.41, 5.74) is 0. The van der Waals surface area contributed by atoms with Gasteiger partial charge in [-0.05, 0) is 18.8 Å². The zero-order valence-corrected chi connectivity index (χ0v) is 25.9. The number of hydrogen-bond donors (Lipinski definition) is 2. The van der Waals surface area contributed by atoms with Crippen molar-refractivity contribution in [1.82, 2.24) is 9.80 Å². The van der Waals surface area contributed by atoms with Gasteiger partial charge < -0.3 is 15.1 Å². The third-order valence-corrected chi connectivity index (χ3v) is 8.29. The lowest BCUT2D eigenvalue weighted by Crippen LogP contribution is -2.43. The highest BCUT2D eigenvalue weighted by Gasteiger charge is 2.48. The molecule has 40 heavy (non-hydrogen) atoms. The molecule has 0 aromatic rings. The van der Waals surface area contributed by atoms with Crippen LogP contribution in [0.4, 0.5) is 4.79 Å². The summed E-state index contributed by atoms with van der Waals surface area (Å²) in [5, 5.41) is 19.7. The average Bonchev–Trinajstić information content (AvgIpc) is 3.13. The van der Waals surface area contributed by atoms with Crippen molar-refractivity contribution in [2.75, 3.05) is 13.1 Å². The number of carboxylic acid groups (broad SMARTS) is 2. The molecule has 0 bridgehead atoms. The van der Waals surface area contributed by atoms with E-state index in [9.17, 15) is 29.4 Å². The van der Waals surface area contributed by atoms with Crippen LogP contribution in [0, 0.1) is 17.8 Å². The fourth-order valence-corrected chi connectivity index (χ4v) is 5.76. The number of unbranched alkanes of at least 4 members (excludes halogenated alkanes) is 14. The second-order valence-electron chi connectivity index (χ2n) is 12.2.